The molecule has 1 atom stereocenters. The summed E-state index contributed by atoms with van der Waals surface area (Å²) in [4.78, 5) is 19.8. The molecule has 0 bridgehead atoms. The zero-order valence-corrected chi connectivity index (χ0v) is 19.2. The molecule has 2 heterocycles. The van der Waals surface area contributed by atoms with Crippen molar-refractivity contribution in [3.8, 4) is 11.1 Å². The van der Waals surface area contributed by atoms with Crippen molar-refractivity contribution in [2.45, 2.75) is 12.3 Å². The lowest BCUT2D eigenvalue weighted by Crippen LogP contribution is -2.37. The van der Waals surface area contributed by atoms with Crippen molar-refractivity contribution >= 4 is 28.5 Å². The summed E-state index contributed by atoms with van der Waals surface area (Å²) in [6.07, 6.45) is 2.04. The highest BCUT2D eigenvalue weighted by Gasteiger charge is 2.29. The summed E-state index contributed by atoms with van der Waals surface area (Å²) in [5.41, 5.74) is 9.71. The summed E-state index contributed by atoms with van der Waals surface area (Å²) in [5, 5.41) is 11.5. The second-order valence-electron chi connectivity index (χ2n) is 8.27. The second-order valence-corrected chi connectivity index (χ2v) is 8.70. The van der Waals surface area contributed by atoms with Crippen LogP contribution in [0.3, 0.4) is 0 Å². The Labute approximate surface area is 205 Å². The largest absolute Gasteiger partial charge is 0.366 e. The third-order valence-corrected chi connectivity index (χ3v) is 6.18. The molecular formula is C27H21ClFN4O2+. The van der Waals surface area contributed by atoms with E-state index in [-0.39, 0.29) is 11.7 Å². The normalized spacial score (nSPS) is 12.1. The van der Waals surface area contributed by atoms with E-state index in [0.717, 1.165) is 10.3 Å². The lowest BCUT2D eigenvalue weighted by Gasteiger charge is -2.13. The summed E-state index contributed by atoms with van der Waals surface area (Å²) in [7, 11) is 0. The predicted molar refractivity (Wildman–Crippen MR) is 131 cm³/mol. The number of imidazole rings is 1. The van der Waals surface area contributed by atoms with Crippen LogP contribution in [0.4, 0.5) is 4.39 Å². The number of carbonyl (C=O) groups excluding carboxylic acids is 1. The molecule has 5 rings (SSSR count). The van der Waals surface area contributed by atoms with Crippen molar-refractivity contribution in [2.24, 2.45) is 5.73 Å². The third-order valence-electron chi connectivity index (χ3n) is 5.95. The first-order valence-electron chi connectivity index (χ1n) is 10.9. The van der Waals surface area contributed by atoms with Gasteiger partial charge in [-0.15, -0.1) is 0 Å². The lowest BCUT2D eigenvalue weighted by atomic mass is 9.93. The maximum atomic E-state index is 13.8. The van der Waals surface area contributed by atoms with Gasteiger partial charge in [-0.05, 0) is 54.4 Å². The number of primary amides is 1. The fraction of sp³-hybridized carbons (Fsp3) is 0.0741. The van der Waals surface area contributed by atoms with Crippen LogP contribution in [0.15, 0.2) is 85.1 Å². The summed E-state index contributed by atoms with van der Waals surface area (Å²) in [6.45, 7) is 0. The van der Waals surface area contributed by atoms with Gasteiger partial charge in [0.2, 0.25) is 17.8 Å². The number of hydrogen-bond donors (Lipinski definition) is 3. The SMILES string of the molecule is NC(=O)c1ccc(Cl)cc1-c1ccc(C(Cc2ccccc2)c2nc3ccc(F)cc3[nH]2)[n+](O)c1. The van der Waals surface area contributed by atoms with Crippen molar-refractivity contribution in [3.05, 3.63) is 119 Å². The Morgan fingerprint density at radius 3 is 2.63 bits per heavy atom. The number of aromatic amines is 1. The van der Waals surface area contributed by atoms with E-state index in [2.05, 4.69) is 9.97 Å². The van der Waals surface area contributed by atoms with Crippen LogP contribution >= 0.6 is 11.6 Å². The van der Waals surface area contributed by atoms with Crippen molar-refractivity contribution in [1.29, 1.82) is 0 Å². The lowest BCUT2D eigenvalue weighted by molar-refractivity contribution is -0.909. The first kappa shape index (κ1) is 22.6. The van der Waals surface area contributed by atoms with Gasteiger partial charge in [-0.25, -0.2) is 9.37 Å². The zero-order valence-electron chi connectivity index (χ0n) is 18.5. The van der Waals surface area contributed by atoms with E-state index >= 15 is 0 Å². The molecule has 4 N–H and O–H groups in total. The quantitative estimate of drug-likeness (QED) is 0.232. The molecule has 0 radical (unpaired) electrons. The fourth-order valence-electron chi connectivity index (χ4n) is 4.26. The summed E-state index contributed by atoms with van der Waals surface area (Å²) in [5.74, 6) is -0.741. The Morgan fingerprint density at radius 2 is 1.89 bits per heavy atom. The van der Waals surface area contributed by atoms with E-state index in [1.165, 1.54) is 18.3 Å². The molecular weight excluding hydrogens is 467 g/mol. The van der Waals surface area contributed by atoms with E-state index in [1.54, 1.807) is 36.4 Å². The van der Waals surface area contributed by atoms with Crippen molar-refractivity contribution in [2.75, 3.05) is 0 Å². The van der Waals surface area contributed by atoms with Crippen LogP contribution < -0.4 is 10.5 Å². The van der Waals surface area contributed by atoms with Crippen molar-refractivity contribution in [3.63, 3.8) is 0 Å². The summed E-state index contributed by atoms with van der Waals surface area (Å²) in [6, 6.07) is 22.5. The van der Waals surface area contributed by atoms with E-state index in [4.69, 9.17) is 17.3 Å². The number of nitrogens with one attached hydrogen (secondary N) is 1. The topological polar surface area (TPSA) is 95.9 Å². The first-order valence-corrected chi connectivity index (χ1v) is 11.3. The number of rotatable bonds is 6. The summed E-state index contributed by atoms with van der Waals surface area (Å²) >= 11 is 6.15. The second kappa shape index (κ2) is 9.19. The van der Waals surface area contributed by atoms with Gasteiger partial charge in [0.05, 0.1) is 16.6 Å². The van der Waals surface area contributed by atoms with Gasteiger partial charge < -0.3 is 10.7 Å². The predicted octanol–water partition coefficient (Wildman–Crippen LogP) is 5.02. The maximum Gasteiger partial charge on any atom is 0.249 e. The van der Waals surface area contributed by atoms with E-state index < -0.39 is 5.91 Å². The van der Waals surface area contributed by atoms with Gasteiger partial charge in [0.1, 0.15) is 17.6 Å². The van der Waals surface area contributed by atoms with Gasteiger partial charge in [-0.2, -0.15) is 0 Å². The molecule has 0 aliphatic carbocycles. The molecule has 0 saturated heterocycles. The van der Waals surface area contributed by atoms with Gasteiger partial charge in [-0.3, -0.25) is 10.0 Å². The van der Waals surface area contributed by atoms with Gasteiger partial charge in [0, 0.05) is 26.9 Å². The minimum atomic E-state index is -0.596. The molecule has 0 aliphatic heterocycles. The van der Waals surface area contributed by atoms with Crippen LogP contribution in [-0.4, -0.2) is 21.1 Å². The number of benzene rings is 3. The van der Waals surface area contributed by atoms with Gasteiger partial charge in [-0.1, -0.05) is 41.9 Å². The summed E-state index contributed by atoms with van der Waals surface area (Å²) < 4.78 is 14.8. The van der Waals surface area contributed by atoms with Crippen molar-refractivity contribution < 1.29 is 19.1 Å². The van der Waals surface area contributed by atoms with Crippen LogP contribution in [-0.2, 0) is 6.42 Å². The number of nitrogens with zero attached hydrogens (tertiary/aromatic N) is 2. The Balaban J connectivity index is 1.61. The van der Waals surface area contributed by atoms with Crippen LogP contribution in [0.1, 0.15) is 33.4 Å². The van der Waals surface area contributed by atoms with Crippen LogP contribution in [0.25, 0.3) is 22.2 Å². The number of aromatic nitrogens is 3. The molecule has 0 aliphatic rings. The highest BCUT2D eigenvalue weighted by Crippen LogP contribution is 2.30. The monoisotopic (exact) mass is 487 g/mol. The standard InChI is InChI=1S/C27H20ClFN4O2/c28-18-7-9-20(26(30)34)21(13-18)17-6-11-25(33(35)15-17)22(12-16-4-2-1-3-5-16)27-31-23-10-8-19(29)14-24(23)32-27/h1-11,13-15,22H,12H2,(H3-,30,31,32,34,35)/p+1. The van der Waals surface area contributed by atoms with E-state index in [0.29, 0.717) is 50.7 Å². The molecule has 3 aromatic carbocycles. The fourth-order valence-corrected chi connectivity index (χ4v) is 4.44. The average Bonchev–Trinajstić information content (AvgIpc) is 3.26. The minimum absolute atomic E-state index is 0.294. The number of pyridine rings is 1. The molecule has 1 amide bonds. The number of nitrogens with two attached hydrogens (primary N) is 1. The van der Waals surface area contributed by atoms with Gasteiger partial charge >= 0.3 is 0 Å². The molecule has 8 heteroatoms. The van der Waals surface area contributed by atoms with Crippen LogP contribution in [0.2, 0.25) is 5.02 Å². The Morgan fingerprint density at radius 1 is 1.09 bits per heavy atom. The molecule has 35 heavy (non-hydrogen) atoms. The Bertz CT molecular complexity index is 1550. The zero-order chi connectivity index (χ0) is 24.5. The van der Waals surface area contributed by atoms with Gasteiger partial charge in [0.15, 0.2) is 0 Å². The highest BCUT2D eigenvalue weighted by atomic mass is 35.5. The number of carbonyl (C=O) groups is 1. The Hall–Kier alpha value is -4.23. The average molecular weight is 488 g/mol. The van der Waals surface area contributed by atoms with E-state index in [1.807, 2.05) is 30.3 Å². The molecule has 0 fully saturated rings. The molecule has 1 unspecified atom stereocenters. The highest BCUT2D eigenvalue weighted by molar-refractivity contribution is 6.31. The van der Waals surface area contributed by atoms with E-state index in [9.17, 15) is 14.4 Å². The van der Waals surface area contributed by atoms with Crippen LogP contribution in [0.5, 0.6) is 0 Å². The number of halogens is 2. The first-order chi connectivity index (χ1) is 16.9. The number of fused-ring (bicyclic) bond motifs is 1. The molecule has 0 spiro atoms. The number of H-pyrrole nitrogens is 1. The maximum absolute atomic E-state index is 13.8. The molecule has 0 saturated carbocycles. The van der Waals surface area contributed by atoms with Gasteiger partial charge in [0.25, 0.3) is 0 Å². The molecule has 174 valence electrons. The number of amides is 1. The smallest absolute Gasteiger partial charge is 0.249 e. The molecule has 2 aromatic heterocycles. The molecule has 6 nitrogen and oxygen atoms in total. The third kappa shape index (κ3) is 4.58. The molecule has 5 aromatic rings. The van der Waals surface area contributed by atoms with Crippen LogP contribution in [0, 0.1) is 5.82 Å². The number of hydrogen-bond acceptors (Lipinski definition) is 3. The Kier molecular flexibility index (Phi) is 5.93. The minimum Gasteiger partial charge on any atom is -0.366 e. The van der Waals surface area contributed by atoms with Crippen molar-refractivity contribution in [1.82, 2.24) is 9.97 Å².